The Kier molecular flexibility index (Phi) is 1.55. The highest BCUT2D eigenvalue weighted by Gasteiger charge is 2.51. The molecule has 0 aliphatic heterocycles. The second-order valence-electron chi connectivity index (χ2n) is 5.40. The minimum Gasteiger partial charge on any atom is -0.120 e. The molecule has 0 heterocycles. The van der Waals surface area contributed by atoms with Gasteiger partial charge >= 0.3 is 0 Å². The first-order chi connectivity index (χ1) is 5.58. The fraction of sp³-hybridized carbons (Fsp3) is 0.833. The Labute approximate surface area is 75.7 Å². The zero-order valence-electron chi connectivity index (χ0n) is 8.19. The number of hydrogen-bond acceptors (Lipinski definition) is 0. The van der Waals surface area contributed by atoms with E-state index < -0.39 is 0 Å². The van der Waals surface area contributed by atoms with Crippen molar-refractivity contribution in [1.82, 2.24) is 0 Å². The molecule has 0 bridgehead atoms. The third-order valence-corrected chi connectivity index (χ3v) is 3.83. The van der Waals surface area contributed by atoms with Gasteiger partial charge in [0.25, 0.3) is 0 Å². The van der Waals surface area contributed by atoms with Crippen LogP contribution in [0.25, 0.3) is 0 Å². The van der Waals surface area contributed by atoms with E-state index in [1.807, 2.05) is 0 Å². The lowest BCUT2D eigenvalue weighted by molar-refractivity contribution is 0.322. The van der Waals surface area contributed by atoms with Crippen LogP contribution in [-0.2, 0) is 0 Å². The normalized spacial score (nSPS) is 35.9. The minimum atomic E-state index is 0.355. The summed E-state index contributed by atoms with van der Waals surface area (Å²) in [5, 5.41) is 0. The summed E-state index contributed by atoms with van der Waals surface area (Å²) in [5.74, 6) is 3.88. The van der Waals surface area contributed by atoms with E-state index in [4.69, 9.17) is 6.42 Å². The van der Waals surface area contributed by atoms with Gasteiger partial charge in [-0.25, -0.2) is 0 Å². The van der Waals surface area contributed by atoms with Crippen LogP contribution in [0.5, 0.6) is 0 Å². The van der Waals surface area contributed by atoms with Gasteiger partial charge in [-0.2, -0.15) is 0 Å². The Morgan fingerprint density at radius 3 is 2.25 bits per heavy atom. The highest BCUT2D eigenvalue weighted by molar-refractivity contribution is 5.19. The van der Waals surface area contributed by atoms with E-state index in [1.165, 1.54) is 32.1 Å². The highest BCUT2D eigenvalue weighted by Crippen LogP contribution is 2.59. The molecule has 0 aromatic heterocycles. The molecule has 0 N–H and O–H groups in total. The first kappa shape index (κ1) is 8.17. The molecule has 0 aromatic rings. The summed E-state index contributed by atoms with van der Waals surface area (Å²) in [7, 11) is 0. The molecule has 0 amide bonds. The van der Waals surface area contributed by atoms with Gasteiger partial charge in [0, 0.05) is 5.41 Å². The van der Waals surface area contributed by atoms with E-state index in [1.54, 1.807) is 0 Å². The minimum absolute atomic E-state index is 0.355. The van der Waals surface area contributed by atoms with Crippen LogP contribution in [0.1, 0.15) is 46.0 Å². The maximum absolute atomic E-state index is 5.59. The van der Waals surface area contributed by atoms with Crippen molar-refractivity contribution in [2.75, 3.05) is 0 Å². The summed E-state index contributed by atoms with van der Waals surface area (Å²) in [6, 6.07) is 0. The summed E-state index contributed by atoms with van der Waals surface area (Å²) in [4.78, 5) is 0. The van der Waals surface area contributed by atoms with Gasteiger partial charge < -0.3 is 0 Å². The zero-order valence-corrected chi connectivity index (χ0v) is 8.19. The SMILES string of the molecule is C#CC1(C2CCC(C)(C)C2)CC1. The Hall–Kier alpha value is -0.440. The molecule has 2 fully saturated rings. The first-order valence-corrected chi connectivity index (χ1v) is 5.06. The lowest BCUT2D eigenvalue weighted by Crippen LogP contribution is -2.13. The van der Waals surface area contributed by atoms with Gasteiger partial charge in [0.05, 0.1) is 0 Å². The predicted octanol–water partition coefficient (Wildman–Crippen LogP) is 3.23. The fourth-order valence-electron chi connectivity index (χ4n) is 2.71. The topological polar surface area (TPSA) is 0 Å². The van der Waals surface area contributed by atoms with E-state index in [-0.39, 0.29) is 0 Å². The Bertz CT molecular complexity index is 225. The zero-order chi connectivity index (χ0) is 8.82. The lowest BCUT2D eigenvalue weighted by atomic mass is 9.84. The fourth-order valence-corrected chi connectivity index (χ4v) is 2.71. The van der Waals surface area contributed by atoms with Crippen molar-refractivity contribution in [2.24, 2.45) is 16.7 Å². The third kappa shape index (κ3) is 1.16. The van der Waals surface area contributed by atoms with Crippen LogP contribution >= 0.6 is 0 Å². The molecule has 0 radical (unpaired) electrons. The van der Waals surface area contributed by atoms with Gasteiger partial charge in [0.1, 0.15) is 0 Å². The largest absolute Gasteiger partial charge is 0.120 e. The molecular formula is C12H18. The predicted molar refractivity (Wildman–Crippen MR) is 51.6 cm³/mol. The molecule has 12 heavy (non-hydrogen) atoms. The van der Waals surface area contributed by atoms with Crippen LogP contribution in [0.3, 0.4) is 0 Å². The van der Waals surface area contributed by atoms with Crippen molar-refractivity contribution >= 4 is 0 Å². The van der Waals surface area contributed by atoms with E-state index in [0.717, 1.165) is 5.92 Å². The molecule has 2 saturated carbocycles. The molecule has 0 nitrogen and oxygen atoms in total. The van der Waals surface area contributed by atoms with Gasteiger partial charge in [-0.1, -0.05) is 19.8 Å². The van der Waals surface area contributed by atoms with Crippen LogP contribution in [0.15, 0.2) is 0 Å². The molecule has 0 saturated heterocycles. The van der Waals surface area contributed by atoms with Crippen molar-refractivity contribution in [2.45, 2.75) is 46.0 Å². The molecule has 1 atom stereocenters. The van der Waals surface area contributed by atoms with Gasteiger partial charge in [-0.3, -0.25) is 0 Å². The number of rotatable bonds is 1. The Balaban J connectivity index is 2.06. The summed E-state index contributed by atoms with van der Waals surface area (Å²) < 4.78 is 0. The van der Waals surface area contributed by atoms with Crippen molar-refractivity contribution in [3.63, 3.8) is 0 Å². The average molecular weight is 162 g/mol. The van der Waals surface area contributed by atoms with Crippen molar-refractivity contribution in [3.8, 4) is 12.3 Å². The molecule has 0 spiro atoms. The van der Waals surface area contributed by atoms with Crippen molar-refractivity contribution in [3.05, 3.63) is 0 Å². The number of hydrogen-bond donors (Lipinski definition) is 0. The summed E-state index contributed by atoms with van der Waals surface area (Å²) in [6.07, 6.45) is 12.3. The quantitative estimate of drug-likeness (QED) is 0.519. The Morgan fingerprint density at radius 1 is 1.25 bits per heavy atom. The second-order valence-corrected chi connectivity index (χ2v) is 5.40. The van der Waals surface area contributed by atoms with Gasteiger partial charge in [-0.15, -0.1) is 6.42 Å². The van der Waals surface area contributed by atoms with E-state index in [9.17, 15) is 0 Å². The molecule has 0 aromatic carbocycles. The van der Waals surface area contributed by atoms with Crippen LogP contribution in [0.4, 0.5) is 0 Å². The van der Waals surface area contributed by atoms with Crippen molar-refractivity contribution in [1.29, 1.82) is 0 Å². The van der Waals surface area contributed by atoms with Gasteiger partial charge in [0.15, 0.2) is 0 Å². The highest BCUT2D eigenvalue weighted by atomic mass is 14.5. The average Bonchev–Trinajstić information content (AvgIpc) is 2.72. The smallest absolute Gasteiger partial charge is 0.0341 e. The van der Waals surface area contributed by atoms with Crippen LogP contribution in [0, 0.1) is 29.1 Å². The van der Waals surface area contributed by atoms with E-state index in [0.29, 0.717) is 10.8 Å². The summed E-state index contributed by atoms with van der Waals surface area (Å²) in [6.45, 7) is 4.75. The molecule has 1 unspecified atom stereocenters. The standard InChI is InChI=1S/C12H18/c1-4-12(7-8-12)10-5-6-11(2,3)9-10/h1,10H,5-9H2,2-3H3. The summed E-state index contributed by atoms with van der Waals surface area (Å²) in [5.41, 5.74) is 0.922. The molecule has 66 valence electrons. The maximum atomic E-state index is 5.59. The molecule has 2 rings (SSSR count). The van der Waals surface area contributed by atoms with Crippen LogP contribution < -0.4 is 0 Å². The van der Waals surface area contributed by atoms with Crippen LogP contribution in [0.2, 0.25) is 0 Å². The van der Waals surface area contributed by atoms with Crippen LogP contribution in [-0.4, -0.2) is 0 Å². The Morgan fingerprint density at radius 2 is 1.92 bits per heavy atom. The molecule has 2 aliphatic carbocycles. The monoisotopic (exact) mass is 162 g/mol. The molecule has 2 aliphatic rings. The first-order valence-electron chi connectivity index (χ1n) is 5.06. The maximum Gasteiger partial charge on any atom is 0.0341 e. The van der Waals surface area contributed by atoms with E-state index >= 15 is 0 Å². The van der Waals surface area contributed by atoms with Crippen molar-refractivity contribution < 1.29 is 0 Å². The number of terminal acetylenes is 1. The molecular weight excluding hydrogens is 144 g/mol. The lowest BCUT2D eigenvalue weighted by Gasteiger charge is -2.20. The van der Waals surface area contributed by atoms with Gasteiger partial charge in [0.2, 0.25) is 0 Å². The summed E-state index contributed by atoms with van der Waals surface area (Å²) >= 11 is 0. The van der Waals surface area contributed by atoms with Gasteiger partial charge in [-0.05, 0) is 43.4 Å². The van der Waals surface area contributed by atoms with E-state index in [2.05, 4.69) is 19.8 Å². The second kappa shape index (κ2) is 2.28. The third-order valence-electron chi connectivity index (χ3n) is 3.83. The molecule has 0 heteroatoms.